The van der Waals surface area contributed by atoms with Gasteiger partial charge in [0.15, 0.2) is 0 Å². The predicted octanol–water partition coefficient (Wildman–Crippen LogP) is 1.32. The van der Waals surface area contributed by atoms with E-state index in [0.717, 1.165) is 12.1 Å². The number of nitrogens with one attached hydrogen (secondary N) is 2. The van der Waals surface area contributed by atoms with Crippen LogP contribution in [0, 0.1) is 11.8 Å². The molecule has 0 aliphatic rings. The summed E-state index contributed by atoms with van der Waals surface area (Å²) in [7, 11) is -9.52. The number of rotatable bonds is 6. The van der Waals surface area contributed by atoms with E-state index in [-0.39, 0.29) is 34.0 Å². The highest BCUT2D eigenvalue weighted by atomic mass is 32.2. The van der Waals surface area contributed by atoms with Crippen molar-refractivity contribution in [2.75, 3.05) is 22.1 Å². The van der Waals surface area contributed by atoms with E-state index in [1.807, 2.05) is 0 Å². The molecule has 0 aliphatic carbocycles. The van der Waals surface area contributed by atoms with Gasteiger partial charge in [0.2, 0.25) is 11.8 Å². The van der Waals surface area contributed by atoms with Crippen LogP contribution in [-0.4, -0.2) is 49.3 Å². The normalized spacial score (nSPS) is 11.2. The Morgan fingerprint density at radius 1 is 0.750 bits per heavy atom. The Labute approximate surface area is 195 Å². The summed E-state index contributed by atoms with van der Waals surface area (Å²) in [6, 6.07) is 6.97. The number of carbonyl (C=O) groups is 2. The van der Waals surface area contributed by atoms with Crippen LogP contribution in [0.15, 0.2) is 46.2 Å². The van der Waals surface area contributed by atoms with Crippen LogP contribution in [-0.2, 0) is 29.8 Å². The van der Waals surface area contributed by atoms with E-state index in [9.17, 15) is 35.5 Å². The first-order chi connectivity index (χ1) is 14.8. The quantitative estimate of drug-likeness (QED) is 0.190. The third-order valence-corrected chi connectivity index (χ3v) is 6.07. The zero-order valence-electron chi connectivity index (χ0n) is 15.9. The average molecular weight is 517 g/mol. The monoisotopic (exact) mass is 516 g/mol. The SMILES string of the molecule is O=C(CS)Nc1ccc(C#Cc2ccc(NC(=O)CS)cc2S(=O)(=O)O)c(S(=O)(=O)O)c1. The summed E-state index contributed by atoms with van der Waals surface area (Å²) < 4.78 is 66.0. The fourth-order valence-electron chi connectivity index (χ4n) is 2.37. The number of carbonyl (C=O) groups excluding carboxylic acids is 2. The molecule has 0 atom stereocenters. The molecule has 2 amide bonds. The van der Waals surface area contributed by atoms with Gasteiger partial charge in [-0.25, -0.2) is 0 Å². The van der Waals surface area contributed by atoms with Gasteiger partial charge in [-0.2, -0.15) is 42.1 Å². The zero-order valence-corrected chi connectivity index (χ0v) is 19.4. The number of thiol groups is 2. The van der Waals surface area contributed by atoms with Crippen molar-refractivity contribution >= 4 is 68.7 Å². The van der Waals surface area contributed by atoms with Crippen molar-refractivity contribution in [3.05, 3.63) is 47.5 Å². The van der Waals surface area contributed by atoms with Gasteiger partial charge in [0.05, 0.1) is 11.5 Å². The molecule has 32 heavy (non-hydrogen) atoms. The first-order valence-electron chi connectivity index (χ1n) is 8.41. The number of benzene rings is 2. The number of hydrogen-bond donors (Lipinski definition) is 6. The molecule has 0 fully saturated rings. The molecule has 0 saturated carbocycles. The molecule has 0 aromatic heterocycles. The summed E-state index contributed by atoms with van der Waals surface area (Å²) in [6.45, 7) is 0. The van der Waals surface area contributed by atoms with Crippen LogP contribution in [0.4, 0.5) is 11.4 Å². The molecule has 0 saturated heterocycles. The van der Waals surface area contributed by atoms with Crippen LogP contribution in [0.5, 0.6) is 0 Å². The Kier molecular flexibility index (Phi) is 8.35. The molecule has 2 aromatic rings. The van der Waals surface area contributed by atoms with Gasteiger partial charge in [-0.3, -0.25) is 18.7 Å². The second kappa shape index (κ2) is 10.4. The molecule has 0 bridgehead atoms. The first kappa shape index (κ1) is 25.7. The second-order valence-electron chi connectivity index (χ2n) is 6.03. The molecule has 0 radical (unpaired) electrons. The maximum absolute atomic E-state index is 11.8. The van der Waals surface area contributed by atoms with Crippen molar-refractivity contribution in [3.8, 4) is 11.8 Å². The maximum atomic E-state index is 11.8. The van der Waals surface area contributed by atoms with E-state index in [1.54, 1.807) is 0 Å². The minimum atomic E-state index is -4.76. The number of amides is 2. The topological polar surface area (TPSA) is 167 Å². The minimum Gasteiger partial charge on any atom is -0.325 e. The van der Waals surface area contributed by atoms with Gasteiger partial charge in [0.25, 0.3) is 20.2 Å². The lowest BCUT2D eigenvalue weighted by Crippen LogP contribution is -2.13. The summed E-state index contributed by atoms with van der Waals surface area (Å²) in [5.74, 6) is 3.49. The molecule has 0 heterocycles. The Morgan fingerprint density at radius 2 is 1.09 bits per heavy atom. The third kappa shape index (κ3) is 6.99. The van der Waals surface area contributed by atoms with Gasteiger partial charge >= 0.3 is 0 Å². The second-order valence-corrected chi connectivity index (χ2v) is 9.45. The smallest absolute Gasteiger partial charge is 0.295 e. The number of hydrogen-bond acceptors (Lipinski definition) is 8. The highest BCUT2D eigenvalue weighted by Gasteiger charge is 2.18. The van der Waals surface area contributed by atoms with Gasteiger partial charge in [-0.1, -0.05) is 11.8 Å². The van der Waals surface area contributed by atoms with Gasteiger partial charge in [0.1, 0.15) is 9.79 Å². The van der Waals surface area contributed by atoms with Crippen LogP contribution in [0.1, 0.15) is 11.1 Å². The van der Waals surface area contributed by atoms with Crippen molar-refractivity contribution in [1.29, 1.82) is 0 Å². The van der Waals surface area contributed by atoms with Gasteiger partial charge in [-0.05, 0) is 36.4 Å². The lowest BCUT2D eigenvalue weighted by atomic mass is 10.1. The van der Waals surface area contributed by atoms with Crippen molar-refractivity contribution in [3.63, 3.8) is 0 Å². The summed E-state index contributed by atoms with van der Waals surface area (Å²) in [5.41, 5.74) is -0.287. The molecular formula is C18H16N2O8S4. The lowest BCUT2D eigenvalue weighted by Gasteiger charge is -2.08. The molecule has 0 unspecified atom stereocenters. The summed E-state index contributed by atoms with van der Waals surface area (Å²) in [4.78, 5) is 21.6. The van der Waals surface area contributed by atoms with E-state index in [0.29, 0.717) is 0 Å². The Balaban J connectivity index is 2.57. The molecule has 10 nitrogen and oxygen atoms in total. The van der Waals surface area contributed by atoms with E-state index in [4.69, 9.17) is 0 Å². The van der Waals surface area contributed by atoms with Crippen molar-refractivity contribution < 1.29 is 35.5 Å². The molecule has 170 valence electrons. The summed E-state index contributed by atoms with van der Waals surface area (Å²) >= 11 is 7.58. The highest BCUT2D eigenvalue weighted by molar-refractivity contribution is 7.86. The minimum absolute atomic E-state index is 0.0603. The fourth-order valence-corrected chi connectivity index (χ4v) is 3.87. The third-order valence-electron chi connectivity index (χ3n) is 3.71. The standard InChI is InChI=1S/C18H16N2O8S4/c21-17(9-29)19-13-5-3-11(15(7-13)31(23,24)25)1-2-12-4-6-14(20-18(22)10-30)8-16(12)32(26,27)28/h3-8,29-30H,9-10H2,(H,19,21)(H,20,22)(H,23,24,25)(H,26,27,28). The Bertz CT molecular complexity index is 1240. The van der Waals surface area contributed by atoms with Crippen LogP contribution in [0.3, 0.4) is 0 Å². The molecule has 14 heteroatoms. The molecule has 0 aliphatic heterocycles. The summed E-state index contributed by atoms with van der Waals surface area (Å²) in [5, 5.41) is 4.74. The fraction of sp³-hybridized carbons (Fsp3) is 0.111. The van der Waals surface area contributed by atoms with E-state index >= 15 is 0 Å². The lowest BCUT2D eigenvalue weighted by molar-refractivity contribution is -0.114. The van der Waals surface area contributed by atoms with Crippen LogP contribution in [0.25, 0.3) is 0 Å². The Morgan fingerprint density at radius 3 is 1.38 bits per heavy atom. The average Bonchev–Trinajstić information content (AvgIpc) is 2.71. The largest absolute Gasteiger partial charge is 0.325 e. The predicted molar refractivity (Wildman–Crippen MR) is 123 cm³/mol. The summed E-state index contributed by atoms with van der Waals surface area (Å²) in [6.07, 6.45) is 0. The number of anilines is 2. The van der Waals surface area contributed by atoms with Gasteiger partial charge in [0, 0.05) is 22.5 Å². The molecule has 0 spiro atoms. The van der Waals surface area contributed by atoms with Crippen LogP contribution in [0.2, 0.25) is 0 Å². The molecule has 4 N–H and O–H groups in total. The molecule has 2 rings (SSSR count). The van der Waals surface area contributed by atoms with Crippen molar-refractivity contribution in [2.45, 2.75) is 9.79 Å². The molecule has 2 aromatic carbocycles. The van der Waals surface area contributed by atoms with Crippen molar-refractivity contribution in [1.82, 2.24) is 0 Å². The first-order valence-corrected chi connectivity index (χ1v) is 12.6. The van der Waals surface area contributed by atoms with E-state index < -0.39 is 41.8 Å². The van der Waals surface area contributed by atoms with Crippen LogP contribution >= 0.6 is 25.3 Å². The van der Waals surface area contributed by atoms with Gasteiger partial charge in [-0.15, -0.1) is 0 Å². The van der Waals surface area contributed by atoms with Crippen LogP contribution < -0.4 is 10.6 Å². The highest BCUT2D eigenvalue weighted by Crippen LogP contribution is 2.23. The molecular weight excluding hydrogens is 500 g/mol. The van der Waals surface area contributed by atoms with Gasteiger partial charge < -0.3 is 10.6 Å². The zero-order chi connectivity index (χ0) is 24.1. The maximum Gasteiger partial charge on any atom is 0.295 e. The van der Waals surface area contributed by atoms with E-state index in [2.05, 4.69) is 47.7 Å². The Hall–Kier alpha value is -2.54. The van der Waals surface area contributed by atoms with E-state index in [1.165, 1.54) is 24.3 Å². The van der Waals surface area contributed by atoms with Crippen molar-refractivity contribution in [2.24, 2.45) is 0 Å².